The van der Waals surface area contributed by atoms with Gasteiger partial charge in [-0.05, 0) is 31.2 Å². The van der Waals surface area contributed by atoms with Gasteiger partial charge in [0.1, 0.15) is 0 Å². The largest absolute Gasteiger partial charge is 0.353 e. The highest BCUT2D eigenvalue weighted by atomic mass is 16.1. The number of carbonyl (C=O) groups is 1. The van der Waals surface area contributed by atoms with Crippen LogP contribution < -0.4 is 11.1 Å². The molecule has 15 heavy (non-hydrogen) atoms. The Bertz CT molecular complexity index is 196. The summed E-state index contributed by atoms with van der Waals surface area (Å²) in [5.41, 5.74) is 5.62. The second-order valence-corrected chi connectivity index (χ2v) is 5.53. The summed E-state index contributed by atoms with van der Waals surface area (Å²) in [5, 5.41) is 3.02. The molecular formula is C12H26N2O. The molecule has 90 valence electrons. The minimum Gasteiger partial charge on any atom is -0.353 e. The van der Waals surface area contributed by atoms with E-state index in [0.29, 0.717) is 18.9 Å². The summed E-state index contributed by atoms with van der Waals surface area (Å²) in [7, 11) is 0. The number of carbonyl (C=O) groups excluding carboxylic acids is 1. The minimum atomic E-state index is 0.120. The molecule has 0 aromatic rings. The smallest absolute Gasteiger partial charge is 0.220 e. The molecule has 3 heteroatoms. The van der Waals surface area contributed by atoms with Crippen LogP contribution in [0.1, 0.15) is 47.5 Å². The van der Waals surface area contributed by atoms with E-state index in [-0.39, 0.29) is 17.4 Å². The van der Waals surface area contributed by atoms with Crippen molar-refractivity contribution >= 4 is 5.91 Å². The average molecular weight is 214 g/mol. The summed E-state index contributed by atoms with van der Waals surface area (Å²) in [6, 6.07) is 0.207. The molecule has 0 saturated carbocycles. The molecule has 2 atom stereocenters. The second kappa shape index (κ2) is 6.11. The van der Waals surface area contributed by atoms with E-state index >= 15 is 0 Å². The molecule has 0 rings (SSSR count). The summed E-state index contributed by atoms with van der Waals surface area (Å²) < 4.78 is 0. The minimum absolute atomic E-state index is 0.120. The van der Waals surface area contributed by atoms with E-state index < -0.39 is 0 Å². The Morgan fingerprint density at radius 3 is 2.27 bits per heavy atom. The molecule has 0 radical (unpaired) electrons. The third kappa shape index (κ3) is 6.50. The maximum absolute atomic E-state index is 11.6. The Kier molecular flexibility index (Phi) is 5.88. The van der Waals surface area contributed by atoms with Crippen molar-refractivity contribution in [3.05, 3.63) is 0 Å². The second-order valence-electron chi connectivity index (χ2n) is 5.53. The van der Waals surface area contributed by atoms with Crippen molar-refractivity contribution in [1.29, 1.82) is 0 Å². The first-order valence-corrected chi connectivity index (χ1v) is 5.76. The van der Waals surface area contributed by atoms with Crippen LogP contribution >= 0.6 is 0 Å². The van der Waals surface area contributed by atoms with Crippen LogP contribution in [-0.4, -0.2) is 18.5 Å². The predicted molar refractivity (Wildman–Crippen MR) is 64.5 cm³/mol. The van der Waals surface area contributed by atoms with Crippen molar-refractivity contribution in [2.75, 3.05) is 6.54 Å². The molecule has 0 heterocycles. The number of hydrogen-bond acceptors (Lipinski definition) is 2. The van der Waals surface area contributed by atoms with Crippen LogP contribution in [0.3, 0.4) is 0 Å². The fourth-order valence-corrected chi connectivity index (χ4v) is 1.03. The molecule has 2 unspecified atom stereocenters. The van der Waals surface area contributed by atoms with E-state index in [4.69, 9.17) is 5.73 Å². The molecular weight excluding hydrogens is 188 g/mol. The lowest BCUT2D eigenvalue weighted by Gasteiger charge is -2.28. The summed E-state index contributed by atoms with van der Waals surface area (Å²) in [5.74, 6) is 0.568. The molecule has 0 aliphatic rings. The standard InChI is InChI=1S/C12H26N2O/c1-9(8-13)6-7-11(15)14-10(2)12(3,4)5/h9-10H,6-8,13H2,1-5H3,(H,14,15). The first kappa shape index (κ1) is 14.4. The molecule has 0 bridgehead atoms. The van der Waals surface area contributed by atoms with Gasteiger partial charge in [-0.2, -0.15) is 0 Å². The van der Waals surface area contributed by atoms with E-state index in [0.717, 1.165) is 6.42 Å². The highest BCUT2D eigenvalue weighted by molar-refractivity contribution is 5.76. The van der Waals surface area contributed by atoms with E-state index in [1.165, 1.54) is 0 Å². The van der Waals surface area contributed by atoms with Crippen LogP contribution in [-0.2, 0) is 4.79 Å². The summed E-state index contributed by atoms with van der Waals surface area (Å²) in [6.45, 7) is 11.1. The van der Waals surface area contributed by atoms with E-state index in [1.807, 2.05) is 6.92 Å². The molecule has 0 aromatic carbocycles. The van der Waals surface area contributed by atoms with E-state index in [1.54, 1.807) is 0 Å². The normalized spacial score (nSPS) is 15.9. The van der Waals surface area contributed by atoms with Crippen molar-refractivity contribution in [2.45, 2.75) is 53.5 Å². The SMILES string of the molecule is CC(CN)CCC(=O)NC(C)C(C)(C)C. The maximum Gasteiger partial charge on any atom is 0.220 e. The van der Waals surface area contributed by atoms with Gasteiger partial charge in [-0.3, -0.25) is 4.79 Å². The lowest BCUT2D eigenvalue weighted by atomic mass is 9.88. The summed E-state index contributed by atoms with van der Waals surface area (Å²) in [4.78, 5) is 11.6. The molecule has 0 aromatic heterocycles. The third-order valence-corrected chi connectivity index (χ3v) is 2.94. The third-order valence-electron chi connectivity index (χ3n) is 2.94. The van der Waals surface area contributed by atoms with Crippen molar-refractivity contribution in [3.63, 3.8) is 0 Å². The number of amides is 1. The number of nitrogens with one attached hydrogen (secondary N) is 1. The van der Waals surface area contributed by atoms with Crippen molar-refractivity contribution < 1.29 is 4.79 Å². The predicted octanol–water partition coefficient (Wildman–Crippen LogP) is 1.91. The van der Waals surface area contributed by atoms with Gasteiger partial charge < -0.3 is 11.1 Å². The first-order chi connectivity index (χ1) is 6.77. The zero-order valence-corrected chi connectivity index (χ0v) is 10.8. The zero-order chi connectivity index (χ0) is 12.1. The van der Waals surface area contributed by atoms with E-state index in [9.17, 15) is 4.79 Å². The molecule has 1 amide bonds. The Hall–Kier alpha value is -0.570. The van der Waals surface area contributed by atoms with Gasteiger partial charge >= 0.3 is 0 Å². The monoisotopic (exact) mass is 214 g/mol. The van der Waals surface area contributed by atoms with Crippen LogP contribution in [0.15, 0.2) is 0 Å². The topological polar surface area (TPSA) is 55.1 Å². The number of nitrogens with two attached hydrogens (primary N) is 1. The van der Waals surface area contributed by atoms with Gasteiger partial charge in [0.2, 0.25) is 5.91 Å². The van der Waals surface area contributed by atoms with Crippen LogP contribution in [0.25, 0.3) is 0 Å². The van der Waals surface area contributed by atoms with Gasteiger partial charge in [0.15, 0.2) is 0 Å². The Morgan fingerprint density at radius 1 is 1.33 bits per heavy atom. The molecule has 0 saturated heterocycles. The summed E-state index contributed by atoms with van der Waals surface area (Å²) in [6.07, 6.45) is 1.46. The van der Waals surface area contributed by atoms with Crippen molar-refractivity contribution in [1.82, 2.24) is 5.32 Å². The van der Waals surface area contributed by atoms with Crippen molar-refractivity contribution in [2.24, 2.45) is 17.1 Å². The van der Waals surface area contributed by atoms with Crippen LogP contribution in [0.4, 0.5) is 0 Å². The van der Waals surface area contributed by atoms with Gasteiger partial charge in [-0.1, -0.05) is 27.7 Å². The van der Waals surface area contributed by atoms with Crippen molar-refractivity contribution in [3.8, 4) is 0 Å². The van der Waals surface area contributed by atoms with Crippen LogP contribution in [0.5, 0.6) is 0 Å². The molecule has 0 spiro atoms. The highest BCUT2D eigenvalue weighted by Crippen LogP contribution is 2.18. The fraction of sp³-hybridized carbons (Fsp3) is 0.917. The Balaban J connectivity index is 3.84. The lowest BCUT2D eigenvalue weighted by Crippen LogP contribution is -2.41. The van der Waals surface area contributed by atoms with Gasteiger partial charge in [0.25, 0.3) is 0 Å². The summed E-state index contributed by atoms with van der Waals surface area (Å²) >= 11 is 0. The highest BCUT2D eigenvalue weighted by Gasteiger charge is 2.21. The molecule has 0 aliphatic carbocycles. The fourth-order valence-electron chi connectivity index (χ4n) is 1.03. The Labute approximate surface area is 93.8 Å². The van der Waals surface area contributed by atoms with Gasteiger partial charge in [-0.15, -0.1) is 0 Å². The number of hydrogen-bond donors (Lipinski definition) is 2. The maximum atomic E-state index is 11.6. The van der Waals surface area contributed by atoms with Gasteiger partial charge in [0, 0.05) is 12.5 Å². The molecule has 3 nitrogen and oxygen atoms in total. The molecule has 0 aliphatic heterocycles. The first-order valence-electron chi connectivity index (χ1n) is 5.76. The van der Waals surface area contributed by atoms with Gasteiger partial charge in [0.05, 0.1) is 0 Å². The van der Waals surface area contributed by atoms with Crippen LogP contribution in [0.2, 0.25) is 0 Å². The lowest BCUT2D eigenvalue weighted by molar-refractivity contribution is -0.122. The molecule has 3 N–H and O–H groups in total. The van der Waals surface area contributed by atoms with E-state index in [2.05, 4.69) is 33.0 Å². The number of rotatable bonds is 5. The van der Waals surface area contributed by atoms with Gasteiger partial charge in [-0.25, -0.2) is 0 Å². The quantitative estimate of drug-likeness (QED) is 0.734. The molecule has 0 fully saturated rings. The van der Waals surface area contributed by atoms with Crippen LogP contribution in [0, 0.1) is 11.3 Å². The zero-order valence-electron chi connectivity index (χ0n) is 10.8. The Morgan fingerprint density at radius 2 is 1.87 bits per heavy atom. The average Bonchev–Trinajstić information content (AvgIpc) is 2.12.